The quantitative estimate of drug-likeness (QED) is 0.808. The predicted octanol–water partition coefficient (Wildman–Crippen LogP) is 2.10. The van der Waals surface area contributed by atoms with Crippen LogP contribution in [0.1, 0.15) is 30.0 Å². The minimum absolute atomic E-state index is 0. The van der Waals surface area contributed by atoms with Crippen molar-refractivity contribution >= 4 is 12.4 Å². The molecule has 80 valence electrons. The van der Waals surface area contributed by atoms with Crippen LogP contribution in [0.5, 0.6) is 5.75 Å². The van der Waals surface area contributed by atoms with Crippen LogP contribution in [0.4, 0.5) is 0 Å². The molecule has 2 rings (SSSR count). The fourth-order valence-corrected chi connectivity index (χ4v) is 1.63. The van der Waals surface area contributed by atoms with Gasteiger partial charge in [-0.3, -0.25) is 0 Å². The molecule has 15 heavy (non-hydrogen) atoms. The van der Waals surface area contributed by atoms with Gasteiger partial charge >= 0.3 is 0 Å². The summed E-state index contributed by atoms with van der Waals surface area (Å²) < 4.78 is 0. The second-order valence-electron chi connectivity index (χ2n) is 3.72. The highest BCUT2D eigenvalue weighted by atomic mass is 35.5. The Bertz CT molecular complexity index is 396. The van der Waals surface area contributed by atoms with Gasteiger partial charge in [0.2, 0.25) is 0 Å². The molecule has 3 nitrogen and oxygen atoms in total. The molecule has 1 aromatic rings. The molecular weight excluding hydrogens is 212 g/mol. The van der Waals surface area contributed by atoms with E-state index in [1.165, 1.54) is 0 Å². The van der Waals surface area contributed by atoms with Crippen molar-refractivity contribution in [2.24, 2.45) is 11.7 Å². The first-order valence-corrected chi connectivity index (χ1v) is 4.71. The topological polar surface area (TPSA) is 70.0 Å². The number of hydrogen-bond acceptors (Lipinski definition) is 3. The van der Waals surface area contributed by atoms with Crippen molar-refractivity contribution in [1.29, 1.82) is 5.26 Å². The third kappa shape index (κ3) is 2.23. The first kappa shape index (κ1) is 11.8. The average molecular weight is 225 g/mol. The summed E-state index contributed by atoms with van der Waals surface area (Å²) in [6.07, 6.45) is 2.24. The van der Waals surface area contributed by atoms with Gasteiger partial charge in [-0.15, -0.1) is 12.4 Å². The Kier molecular flexibility index (Phi) is 3.57. The Morgan fingerprint density at radius 1 is 1.47 bits per heavy atom. The molecule has 4 heteroatoms. The maximum absolute atomic E-state index is 9.73. The highest BCUT2D eigenvalue weighted by molar-refractivity contribution is 5.85. The number of phenols is 1. The number of rotatable bonds is 2. The Hall–Kier alpha value is -1.24. The molecule has 1 aliphatic rings. The lowest BCUT2D eigenvalue weighted by molar-refractivity contribution is 0.454. The van der Waals surface area contributed by atoms with Crippen molar-refractivity contribution in [1.82, 2.24) is 0 Å². The Labute approximate surface area is 94.9 Å². The molecule has 1 aliphatic carbocycles. The third-order valence-electron chi connectivity index (χ3n) is 2.68. The van der Waals surface area contributed by atoms with Crippen LogP contribution in [0, 0.1) is 17.2 Å². The predicted molar refractivity (Wildman–Crippen MR) is 59.7 cm³/mol. The summed E-state index contributed by atoms with van der Waals surface area (Å²) in [5.74, 6) is 0.532. The van der Waals surface area contributed by atoms with Crippen molar-refractivity contribution in [2.75, 3.05) is 0 Å². The van der Waals surface area contributed by atoms with Gasteiger partial charge in [-0.25, -0.2) is 0 Å². The summed E-state index contributed by atoms with van der Waals surface area (Å²) in [6, 6.07) is 6.97. The van der Waals surface area contributed by atoms with E-state index in [2.05, 4.69) is 0 Å². The van der Waals surface area contributed by atoms with Gasteiger partial charge < -0.3 is 10.8 Å². The summed E-state index contributed by atoms with van der Waals surface area (Å²) in [7, 11) is 0. The molecule has 3 N–H and O–H groups in total. The van der Waals surface area contributed by atoms with Gasteiger partial charge in [0.15, 0.2) is 0 Å². The van der Waals surface area contributed by atoms with E-state index in [1.807, 2.05) is 6.07 Å². The average Bonchev–Trinajstić information content (AvgIpc) is 3.00. The number of benzene rings is 1. The van der Waals surface area contributed by atoms with Gasteiger partial charge in [-0.2, -0.15) is 5.26 Å². The molecule has 0 bridgehead atoms. The van der Waals surface area contributed by atoms with Crippen LogP contribution in [-0.2, 0) is 0 Å². The molecule has 0 amide bonds. The third-order valence-corrected chi connectivity index (χ3v) is 2.68. The number of nitrogens with two attached hydrogens (primary N) is 1. The highest BCUT2D eigenvalue weighted by Crippen LogP contribution is 2.42. The highest BCUT2D eigenvalue weighted by Gasteiger charge is 2.31. The first-order valence-electron chi connectivity index (χ1n) is 4.71. The van der Waals surface area contributed by atoms with E-state index in [9.17, 15) is 5.11 Å². The summed E-state index contributed by atoms with van der Waals surface area (Å²) in [6.45, 7) is 0. The van der Waals surface area contributed by atoms with Crippen molar-refractivity contribution < 1.29 is 5.11 Å². The van der Waals surface area contributed by atoms with Gasteiger partial charge in [-0.1, -0.05) is 12.1 Å². The van der Waals surface area contributed by atoms with E-state index in [0.717, 1.165) is 12.8 Å². The number of nitrogens with zero attached hydrogens (tertiary/aromatic N) is 1. The maximum Gasteiger partial charge on any atom is 0.138 e. The lowest BCUT2D eigenvalue weighted by atomic mass is 10.00. The van der Waals surface area contributed by atoms with E-state index < -0.39 is 0 Å². The summed E-state index contributed by atoms with van der Waals surface area (Å²) in [4.78, 5) is 0. The van der Waals surface area contributed by atoms with Gasteiger partial charge in [-0.05, 0) is 24.8 Å². The van der Waals surface area contributed by atoms with Crippen molar-refractivity contribution in [3.05, 3.63) is 29.3 Å². The van der Waals surface area contributed by atoms with E-state index in [4.69, 9.17) is 11.0 Å². The zero-order valence-corrected chi connectivity index (χ0v) is 9.00. The lowest BCUT2D eigenvalue weighted by Gasteiger charge is -2.12. The molecule has 0 saturated heterocycles. The first-order chi connectivity index (χ1) is 6.74. The molecule has 0 spiro atoms. The smallest absolute Gasteiger partial charge is 0.138 e. The fraction of sp³-hybridized carbons (Fsp3) is 0.364. The van der Waals surface area contributed by atoms with Gasteiger partial charge in [0, 0.05) is 11.6 Å². The largest absolute Gasteiger partial charge is 0.506 e. The van der Waals surface area contributed by atoms with Crippen LogP contribution >= 0.6 is 12.4 Å². The van der Waals surface area contributed by atoms with Crippen LogP contribution in [0.15, 0.2) is 18.2 Å². The van der Waals surface area contributed by atoms with Crippen molar-refractivity contribution in [2.45, 2.75) is 18.9 Å². The van der Waals surface area contributed by atoms with Crippen LogP contribution in [0.2, 0.25) is 0 Å². The zero-order valence-electron chi connectivity index (χ0n) is 8.18. The second kappa shape index (κ2) is 4.52. The van der Waals surface area contributed by atoms with Crippen LogP contribution in [0.3, 0.4) is 0 Å². The molecule has 0 heterocycles. The number of nitriles is 1. The second-order valence-corrected chi connectivity index (χ2v) is 3.72. The lowest BCUT2D eigenvalue weighted by Crippen LogP contribution is -2.12. The number of phenolic OH excluding ortho intramolecular Hbond substituents is 1. The SMILES string of the molecule is Cl.N#Cc1cccc([C@@H](N)C2CC2)c1O. The van der Waals surface area contributed by atoms with E-state index >= 15 is 0 Å². The maximum atomic E-state index is 9.73. The van der Waals surface area contributed by atoms with Gasteiger partial charge in [0.1, 0.15) is 11.8 Å². The van der Waals surface area contributed by atoms with Crippen molar-refractivity contribution in [3.63, 3.8) is 0 Å². The molecule has 0 unspecified atom stereocenters. The number of aromatic hydroxyl groups is 1. The Morgan fingerprint density at radius 3 is 2.67 bits per heavy atom. The number of para-hydroxylation sites is 1. The minimum Gasteiger partial charge on any atom is -0.506 e. The summed E-state index contributed by atoms with van der Waals surface area (Å²) >= 11 is 0. The fourth-order valence-electron chi connectivity index (χ4n) is 1.63. The van der Waals surface area contributed by atoms with Crippen LogP contribution < -0.4 is 5.73 Å². The van der Waals surface area contributed by atoms with Crippen LogP contribution in [0.25, 0.3) is 0 Å². The number of hydrogen-bond donors (Lipinski definition) is 2. The molecule has 0 aliphatic heterocycles. The number of halogens is 1. The summed E-state index contributed by atoms with van der Waals surface area (Å²) in [5.41, 5.74) is 6.96. The Morgan fingerprint density at radius 2 is 2.13 bits per heavy atom. The van der Waals surface area contributed by atoms with Crippen molar-refractivity contribution in [3.8, 4) is 11.8 Å². The molecule has 1 fully saturated rings. The van der Waals surface area contributed by atoms with Gasteiger partial charge in [0.05, 0.1) is 5.56 Å². The monoisotopic (exact) mass is 224 g/mol. The zero-order chi connectivity index (χ0) is 10.1. The van der Waals surface area contributed by atoms with Gasteiger partial charge in [0.25, 0.3) is 0 Å². The molecule has 1 saturated carbocycles. The molecule has 1 aromatic carbocycles. The van der Waals surface area contributed by atoms with E-state index in [-0.39, 0.29) is 24.2 Å². The van der Waals surface area contributed by atoms with E-state index in [0.29, 0.717) is 17.0 Å². The summed E-state index contributed by atoms with van der Waals surface area (Å²) in [5, 5.41) is 18.5. The minimum atomic E-state index is -0.122. The molecule has 0 radical (unpaired) electrons. The molecule has 1 atom stereocenters. The normalized spacial score (nSPS) is 16.3. The standard InChI is InChI=1S/C11H12N2O.ClH/c12-6-8-2-1-3-9(11(8)14)10(13)7-4-5-7;/h1-3,7,10,14H,4-5,13H2;1H/t10-;/m0./s1. The van der Waals surface area contributed by atoms with E-state index in [1.54, 1.807) is 18.2 Å². The molecular formula is C11H13ClN2O. The van der Waals surface area contributed by atoms with Crippen LogP contribution in [-0.4, -0.2) is 5.11 Å². The Balaban J connectivity index is 0.00000112. The molecule has 0 aromatic heterocycles.